The number of aromatic nitrogens is 2. The summed E-state index contributed by atoms with van der Waals surface area (Å²) in [6.07, 6.45) is 4.02. The zero-order valence-corrected chi connectivity index (χ0v) is 19.7. The second kappa shape index (κ2) is 8.82. The van der Waals surface area contributed by atoms with Crippen molar-refractivity contribution in [3.63, 3.8) is 0 Å². The van der Waals surface area contributed by atoms with Gasteiger partial charge >= 0.3 is 0 Å². The molecule has 0 bridgehead atoms. The van der Waals surface area contributed by atoms with Crippen molar-refractivity contribution in [1.82, 2.24) is 15.0 Å². The zero-order valence-electron chi connectivity index (χ0n) is 19.0. The summed E-state index contributed by atoms with van der Waals surface area (Å²) in [5.41, 5.74) is 3.78. The van der Waals surface area contributed by atoms with E-state index in [0.717, 1.165) is 36.9 Å². The summed E-state index contributed by atoms with van der Waals surface area (Å²) in [7, 11) is 0. The summed E-state index contributed by atoms with van der Waals surface area (Å²) < 4.78 is 5.59. The molecule has 1 N–H and O–H groups in total. The number of anilines is 1. The lowest BCUT2D eigenvalue weighted by Crippen LogP contribution is -2.29. The molecule has 35 heavy (non-hydrogen) atoms. The molecule has 176 valence electrons. The van der Waals surface area contributed by atoms with Crippen molar-refractivity contribution in [2.24, 2.45) is 0 Å². The molecule has 2 fully saturated rings. The van der Waals surface area contributed by atoms with Gasteiger partial charge in [-0.2, -0.15) is 0 Å². The number of nitrogens with zero attached hydrogens (tertiary/aromatic N) is 3. The molecule has 1 saturated heterocycles. The summed E-state index contributed by atoms with van der Waals surface area (Å²) in [4.78, 5) is 33.4. The van der Waals surface area contributed by atoms with Gasteiger partial charge in [0.05, 0.1) is 22.2 Å². The second-order valence-corrected chi connectivity index (χ2v) is 9.53. The molecule has 1 saturated carbocycles. The van der Waals surface area contributed by atoms with E-state index >= 15 is 0 Å². The minimum atomic E-state index is -0.350. The third kappa shape index (κ3) is 4.17. The van der Waals surface area contributed by atoms with Crippen molar-refractivity contribution in [3.05, 3.63) is 76.4 Å². The van der Waals surface area contributed by atoms with Crippen LogP contribution in [0.2, 0.25) is 5.02 Å². The summed E-state index contributed by atoms with van der Waals surface area (Å²) in [6, 6.07) is 16.4. The average Bonchev–Trinajstić information content (AvgIpc) is 3.41. The third-order valence-electron chi connectivity index (χ3n) is 6.61. The fourth-order valence-electron chi connectivity index (χ4n) is 4.61. The first kappa shape index (κ1) is 21.8. The maximum Gasteiger partial charge on any atom is 0.259 e. The average molecular weight is 487 g/mol. The van der Waals surface area contributed by atoms with Gasteiger partial charge in [0.2, 0.25) is 0 Å². The van der Waals surface area contributed by atoms with E-state index in [2.05, 4.69) is 15.5 Å². The number of halogens is 1. The van der Waals surface area contributed by atoms with Crippen LogP contribution in [0, 0.1) is 0 Å². The Balaban J connectivity index is 1.42. The Bertz CT molecular complexity index is 1440. The number of fused-ring (bicyclic) bond motifs is 1. The van der Waals surface area contributed by atoms with E-state index in [1.165, 1.54) is 0 Å². The monoisotopic (exact) mass is 486 g/mol. The van der Waals surface area contributed by atoms with Crippen molar-refractivity contribution >= 4 is 40.2 Å². The first-order chi connectivity index (χ1) is 17.1. The molecule has 2 amide bonds. The molecule has 2 aromatic heterocycles. The lowest BCUT2D eigenvalue weighted by molar-refractivity contribution is 0.0794. The van der Waals surface area contributed by atoms with Gasteiger partial charge in [0.25, 0.3) is 17.5 Å². The third-order valence-corrected chi connectivity index (χ3v) is 6.84. The number of amides is 2. The molecular formula is C27H23ClN4O3. The van der Waals surface area contributed by atoms with Gasteiger partial charge in [-0.05, 0) is 49.9 Å². The zero-order chi connectivity index (χ0) is 23.9. The molecular weight excluding hydrogens is 464 g/mol. The van der Waals surface area contributed by atoms with Crippen molar-refractivity contribution in [2.75, 3.05) is 18.4 Å². The fraction of sp³-hybridized carbons (Fsp3) is 0.259. The van der Waals surface area contributed by atoms with Crippen LogP contribution in [-0.4, -0.2) is 39.9 Å². The number of pyridine rings is 1. The Morgan fingerprint density at radius 1 is 1.00 bits per heavy atom. The summed E-state index contributed by atoms with van der Waals surface area (Å²) in [5, 5.41) is 8.21. The molecule has 0 spiro atoms. The Morgan fingerprint density at radius 2 is 1.77 bits per heavy atom. The standard InChI is InChI=1S/C27H23ClN4O3/c28-18-10-11-21(19(14-18)27(34)32-12-4-5-13-32)29-25(33)20-15-22(16-8-9-16)30-26-23(20)24(31-35-26)17-6-2-1-3-7-17/h1-3,6-7,10-11,14-16H,4-5,8-9,12-13H2,(H,29,33). The molecule has 7 nitrogen and oxygen atoms in total. The SMILES string of the molecule is O=C(Nc1ccc(Cl)cc1C(=O)N1CCCC1)c1cc(C2CC2)nc2onc(-c3ccccc3)c12. The van der Waals surface area contributed by atoms with Gasteiger partial charge in [-0.1, -0.05) is 47.1 Å². The molecule has 1 aliphatic heterocycles. The highest BCUT2D eigenvalue weighted by molar-refractivity contribution is 6.31. The van der Waals surface area contributed by atoms with Crippen LogP contribution < -0.4 is 5.32 Å². The number of carbonyl (C=O) groups is 2. The van der Waals surface area contributed by atoms with E-state index in [1.807, 2.05) is 36.4 Å². The van der Waals surface area contributed by atoms with Gasteiger partial charge in [-0.25, -0.2) is 4.98 Å². The number of benzene rings is 2. The molecule has 3 heterocycles. The lowest BCUT2D eigenvalue weighted by atomic mass is 10.0. The van der Waals surface area contributed by atoms with E-state index in [-0.39, 0.29) is 11.8 Å². The van der Waals surface area contributed by atoms with Crippen LogP contribution in [0.15, 0.2) is 59.1 Å². The Hall–Kier alpha value is -3.71. The first-order valence-electron chi connectivity index (χ1n) is 11.8. The van der Waals surface area contributed by atoms with Gasteiger partial charge in [0, 0.05) is 35.3 Å². The van der Waals surface area contributed by atoms with Crippen LogP contribution in [0.3, 0.4) is 0 Å². The van der Waals surface area contributed by atoms with Gasteiger partial charge in [0.15, 0.2) is 0 Å². The lowest BCUT2D eigenvalue weighted by Gasteiger charge is -2.18. The maximum absolute atomic E-state index is 13.7. The predicted octanol–water partition coefficient (Wildman–Crippen LogP) is 5.91. The highest BCUT2D eigenvalue weighted by Crippen LogP contribution is 2.41. The first-order valence-corrected chi connectivity index (χ1v) is 12.2. The minimum Gasteiger partial charge on any atom is -0.339 e. The second-order valence-electron chi connectivity index (χ2n) is 9.09. The number of nitrogens with one attached hydrogen (secondary N) is 1. The van der Waals surface area contributed by atoms with E-state index in [0.29, 0.717) is 57.6 Å². The van der Waals surface area contributed by atoms with Gasteiger partial charge in [0.1, 0.15) is 5.69 Å². The van der Waals surface area contributed by atoms with Gasteiger partial charge < -0.3 is 14.7 Å². The van der Waals surface area contributed by atoms with Crippen molar-refractivity contribution in [2.45, 2.75) is 31.6 Å². The molecule has 1 aliphatic carbocycles. The smallest absolute Gasteiger partial charge is 0.259 e. The van der Waals surface area contributed by atoms with Gasteiger partial charge in [-0.3, -0.25) is 9.59 Å². The highest BCUT2D eigenvalue weighted by Gasteiger charge is 2.30. The van der Waals surface area contributed by atoms with Crippen LogP contribution in [0.4, 0.5) is 5.69 Å². The number of carbonyl (C=O) groups excluding carboxylic acids is 2. The molecule has 6 rings (SSSR count). The van der Waals surface area contributed by atoms with E-state index < -0.39 is 0 Å². The van der Waals surface area contributed by atoms with Crippen LogP contribution in [0.5, 0.6) is 0 Å². The van der Waals surface area contributed by atoms with Crippen molar-refractivity contribution in [3.8, 4) is 11.3 Å². The van der Waals surface area contributed by atoms with Crippen LogP contribution in [0.1, 0.15) is 58.0 Å². The van der Waals surface area contributed by atoms with Gasteiger partial charge in [-0.15, -0.1) is 0 Å². The number of hydrogen-bond donors (Lipinski definition) is 1. The molecule has 4 aromatic rings. The molecule has 8 heteroatoms. The summed E-state index contributed by atoms with van der Waals surface area (Å²) in [5.74, 6) is -0.162. The minimum absolute atomic E-state index is 0.131. The Kier molecular flexibility index (Phi) is 5.49. The number of likely N-dealkylation sites (tertiary alicyclic amines) is 1. The number of hydrogen-bond acceptors (Lipinski definition) is 5. The van der Waals surface area contributed by atoms with Crippen LogP contribution in [0.25, 0.3) is 22.4 Å². The van der Waals surface area contributed by atoms with E-state index in [9.17, 15) is 9.59 Å². The van der Waals surface area contributed by atoms with E-state index in [1.54, 1.807) is 23.1 Å². The van der Waals surface area contributed by atoms with Crippen LogP contribution >= 0.6 is 11.6 Å². The van der Waals surface area contributed by atoms with Crippen molar-refractivity contribution in [1.29, 1.82) is 0 Å². The maximum atomic E-state index is 13.7. The normalized spacial score (nSPS) is 15.5. The quantitative estimate of drug-likeness (QED) is 0.379. The molecule has 0 atom stereocenters. The number of rotatable bonds is 5. The van der Waals surface area contributed by atoms with Crippen molar-refractivity contribution < 1.29 is 14.1 Å². The van der Waals surface area contributed by atoms with Crippen LogP contribution in [-0.2, 0) is 0 Å². The highest BCUT2D eigenvalue weighted by atomic mass is 35.5. The summed E-state index contributed by atoms with van der Waals surface area (Å²) in [6.45, 7) is 1.41. The fourth-order valence-corrected chi connectivity index (χ4v) is 4.79. The molecule has 0 radical (unpaired) electrons. The molecule has 2 aliphatic rings. The predicted molar refractivity (Wildman–Crippen MR) is 134 cm³/mol. The van der Waals surface area contributed by atoms with E-state index in [4.69, 9.17) is 16.1 Å². The topological polar surface area (TPSA) is 88.3 Å². The molecule has 2 aromatic carbocycles. The largest absolute Gasteiger partial charge is 0.339 e. The molecule has 0 unspecified atom stereocenters. The Labute approximate surface area is 207 Å². The summed E-state index contributed by atoms with van der Waals surface area (Å²) >= 11 is 6.22. The Morgan fingerprint density at radius 3 is 2.51 bits per heavy atom.